The SMILES string of the molecule is OCCNCC(O)c1ccccc1. The van der Waals surface area contributed by atoms with Crippen LogP contribution in [-0.4, -0.2) is 29.9 Å². The lowest BCUT2D eigenvalue weighted by Crippen LogP contribution is -2.24. The van der Waals surface area contributed by atoms with E-state index in [9.17, 15) is 5.11 Å². The van der Waals surface area contributed by atoms with Gasteiger partial charge in [-0.2, -0.15) is 0 Å². The molecule has 13 heavy (non-hydrogen) atoms. The van der Waals surface area contributed by atoms with Crippen molar-refractivity contribution in [3.63, 3.8) is 0 Å². The molecule has 0 aliphatic rings. The molecule has 0 aliphatic carbocycles. The van der Waals surface area contributed by atoms with Crippen LogP contribution in [0.4, 0.5) is 0 Å². The average molecular weight is 181 g/mol. The van der Waals surface area contributed by atoms with Crippen molar-refractivity contribution in [3.8, 4) is 0 Å². The van der Waals surface area contributed by atoms with Crippen LogP contribution in [0.2, 0.25) is 0 Å². The molecule has 1 atom stereocenters. The molecule has 1 aromatic carbocycles. The predicted octanol–water partition coefficient (Wildman–Crippen LogP) is 0.302. The quantitative estimate of drug-likeness (QED) is 0.573. The van der Waals surface area contributed by atoms with Crippen LogP contribution in [-0.2, 0) is 0 Å². The zero-order valence-corrected chi connectivity index (χ0v) is 7.48. The Morgan fingerprint density at radius 3 is 2.54 bits per heavy atom. The predicted molar refractivity (Wildman–Crippen MR) is 51.4 cm³/mol. The summed E-state index contributed by atoms with van der Waals surface area (Å²) >= 11 is 0. The molecule has 3 heteroatoms. The Kier molecular flexibility index (Phi) is 4.46. The van der Waals surface area contributed by atoms with E-state index in [0.29, 0.717) is 13.1 Å². The summed E-state index contributed by atoms with van der Waals surface area (Å²) in [7, 11) is 0. The summed E-state index contributed by atoms with van der Waals surface area (Å²) in [6.07, 6.45) is -0.493. The molecule has 0 aliphatic heterocycles. The van der Waals surface area contributed by atoms with Crippen molar-refractivity contribution < 1.29 is 10.2 Å². The fraction of sp³-hybridized carbons (Fsp3) is 0.400. The van der Waals surface area contributed by atoms with Crippen LogP contribution in [0.5, 0.6) is 0 Å². The summed E-state index contributed by atoms with van der Waals surface area (Å²) in [4.78, 5) is 0. The molecular formula is C10H15NO2. The fourth-order valence-electron chi connectivity index (χ4n) is 1.11. The number of rotatable bonds is 5. The van der Waals surface area contributed by atoms with Gasteiger partial charge in [-0.15, -0.1) is 0 Å². The minimum Gasteiger partial charge on any atom is -0.395 e. The van der Waals surface area contributed by atoms with E-state index in [1.165, 1.54) is 0 Å². The zero-order chi connectivity index (χ0) is 9.52. The molecule has 0 spiro atoms. The molecular weight excluding hydrogens is 166 g/mol. The van der Waals surface area contributed by atoms with Crippen molar-refractivity contribution >= 4 is 0 Å². The van der Waals surface area contributed by atoms with Crippen LogP contribution < -0.4 is 5.32 Å². The van der Waals surface area contributed by atoms with E-state index in [-0.39, 0.29) is 6.61 Å². The van der Waals surface area contributed by atoms with Crippen molar-refractivity contribution in [3.05, 3.63) is 35.9 Å². The maximum atomic E-state index is 9.60. The van der Waals surface area contributed by atoms with Crippen molar-refractivity contribution in [1.82, 2.24) is 5.32 Å². The van der Waals surface area contributed by atoms with Gasteiger partial charge in [-0.3, -0.25) is 0 Å². The maximum absolute atomic E-state index is 9.60. The topological polar surface area (TPSA) is 52.5 Å². The molecule has 3 nitrogen and oxygen atoms in total. The smallest absolute Gasteiger partial charge is 0.0914 e. The van der Waals surface area contributed by atoms with Crippen molar-refractivity contribution in [1.29, 1.82) is 0 Å². The highest BCUT2D eigenvalue weighted by Crippen LogP contribution is 2.09. The number of aliphatic hydroxyl groups is 2. The fourth-order valence-corrected chi connectivity index (χ4v) is 1.11. The number of hydrogen-bond acceptors (Lipinski definition) is 3. The lowest BCUT2D eigenvalue weighted by atomic mass is 10.1. The van der Waals surface area contributed by atoms with E-state index in [4.69, 9.17) is 5.11 Å². The van der Waals surface area contributed by atoms with Gasteiger partial charge in [0.1, 0.15) is 0 Å². The van der Waals surface area contributed by atoms with E-state index in [1.54, 1.807) is 0 Å². The molecule has 0 amide bonds. The summed E-state index contributed by atoms with van der Waals surface area (Å²) in [6.45, 7) is 1.09. The van der Waals surface area contributed by atoms with E-state index < -0.39 is 6.10 Å². The second-order valence-corrected chi connectivity index (χ2v) is 2.85. The van der Waals surface area contributed by atoms with Gasteiger partial charge >= 0.3 is 0 Å². The highest BCUT2D eigenvalue weighted by Gasteiger charge is 2.04. The Balaban J connectivity index is 2.35. The van der Waals surface area contributed by atoms with Gasteiger partial charge in [0.15, 0.2) is 0 Å². The first kappa shape index (κ1) is 10.2. The summed E-state index contributed by atoms with van der Waals surface area (Å²) in [6, 6.07) is 9.46. The summed E-state index contributed by atoms with van der Waals surface area (Å²) in [5, 5.41) is 21.0. The van der Waals surface area contributed by atoms with Gasteiger partial charge < -0.3 is 15.5 Å². The van der Waals surface area contributed by atoms with Gasteiger partial charge in [0, 0.05) is 13.1 Å². The van der Waals surface area contributed by atoms with Gasteiger partial charge in [0.05, 0.1) is 12.7 Å². The molecule has 0 bridgehead atoms. The summed E-state index contributed by atoms with van der Waals surface area (Å²) in [5.41, 5.74) is 0.896. The van der Waals surface area contributed by atoms with E-state index >= 15 is 0 Å². The molecule has 1 unspecified atom stereocenters. The van der Waals surface area contributed by atoms with Crippen molar-refractivity contribution in [2.75, 3.05) is 19.7 Å². The molecule has 0 saturated heterocycles. The maximum Gasteiger partial charge on any atom is 0.0914 e. The highest BCUT2D eigenvalue weighted by molar-refractivity contribution is 5.17. The third kappa shape index (κ3) is 3.55. The van der Waals surface area contributed by atoms with Crippen LogP contribution in [0.15, 0.2) is 30.3 Å². The van der Waals surface area contributed by atoms with Gasteiger partial charge in [-0.1, -0.05) is 30.3 Å². The number of aliphatic hydroxyl groups excluding tert-OH is 2. The molecule has 1 rings (SSSR count). The van der Waals surface area contributed by atoms with E-state index in [1.807, 2.05) is 30.3 Å². The van der Waals surface area contributed by atoms with Gasteiger partial charge in [0.25, 0.3) is 0 Å². The standard InChI is InChI=1S/C10H15NO2/c12-7-6-11-8-10(13)9-4-2-1-3-5-9/h1-5,10-13H,6-8H2. The molecule has 0 fully saturated rings. The zero-order valence-electron chi connectivity index (χ0n) is 7.48. The summed E-state index contributed by atoms with van der Waals surface area (Å²) < 4.78 is 0. The Bertz CT molecular complexity index is 226. The normalized spacial score (nSPS) is 12.8. The summed E-state index contributed by atoms with van der Waals surface area (Å²) in [5.74, 6) is 0. The van der Waals surface area contributed by atoms with E-state index in [0.717, 1.165) is 5.56 Å². The lowest BCUT2D eigenvalue weighted by molar-refractivity contribution is 0.171. The molecule has 0 heterocycles. The average Bonchev–Trinajstić information content (AvgIpc) is 2.19. The molecule has 3 N–H and O–H groups in total. The first-order valence-corrected chi connectivity index (χ1v) is 4.39. The first-order valence-electron chi connectivity index (χ1n) is 4.39. The minimum absolute atomic E-state index is 0.0987. The Hall–Kier alpha value is -0.900. The van der Waals surface area contributed by atoms with Crippen molar-refractivity contribution in [2.45, 2.75) is 6.10 Å². The molecule has 0 radical (unpaired) electrons. The molecule has 1 aromatic rings. The Labute approximate surface area is 78.0 Å². The monoisotopic (exact) mass is 181 g/mol. The number of nitrogens with one attached hydrogen (secondary N) is 1. The third-order valence-electron chi connectivity index (χ3n) is 1.81. The van der Waals surface area contributed by atoms with Gasteiger partial charge in [-0.05, 0) is 5.56 Å². The minimum atomic E-state index is -0.493. The van der Waals surface area contributed by atoms with Crippen LogP contribution in [0.3, 0.4) is 0 Å². The molecule has 0 aromatic heterocycles. The molecule has 0 saturated carbocycles. The van der Waals surface area contributed by atoms with Gasteiger partial charge in [-0.25, -0.2) is 0 Å². The third-order valence-corrected chi connectivity index (χ3v) is 1.81. The highest BCUT2D eigenvalue weighted by atomic mass is 16.3. The van der Waals surface area contributed by atoms with Gasteiger partial charge in [0.2, 0.25) is 0 Å². The Morgan fingerprint density at radius 2 is 1.92 bits per heavy atom. The largest absolute Gasteiger partial charge is 0.395 e. The number of hydrogen-bond donors (Lipinski definition) is 3. The number of benzene rings is 1. The molecule has 72 valence electrons. The first-order chi connectivity index (χ1) is 6.34. The van der Waals surface area contributed by atoms with Crippen molar-refractivity contribution in [2.24, 2.45) is 0 Å². The van der Waals surface area contributed by atoms with Crippen LogP contribution >= 0.6 is 0 Å². The second-order valence-electron chi connectivity index (χ2n) is 2.85. The van der Waals surface area contributed by atoms with E-state index in [2.05, 4.69) is 5.32 Å². The van der Waals surface area contributed by atoms with Crippen LogP contribution in [0.1, 0.15) is 11.7 Å². The van der Waals surface area contributed by atoms with Crippen LogP contribution in [0.25, 0.3) is 0 Å². The Morgan fingerprint density at radius 1 is 1.23 bits per heavy atom. The van der Waals surface area contributed by atoms with Crippen LogP contribution in [0, 0.1) is 0 Å². The lowest BCUT2D eigenvalue weighted by Gasteiger charge is -2.10. The second kappa shape index (κ2) is 5.70.